The fourth-order valence-corrected chi connectivity index (χ4v) is 3.08. The average molecular weight is 365 g/mol. The van der Waals surface area contributed by atoms with E-state index in [1.165, 1.54) is 17.4 Å². The van der Waals surface area contributed by atoms with Gasteiger partial charge < -0.3 is 5.73 Å². The summed E-state index contributed by atoms with van der Waals surface area (Å²) in [6.07, 6.45) is -4.13. The molecule has 20 heavy (non-hydrogen) atoms. The quantitative estimate of drug-likeness (QED) is 0.872. The lowest BCUT2D eigenvalue weighted by Crippen LogP contribution is -2.19. The molecule has 1 unspecified atom stereocenters. The number of benzene rings is 1. The number of halogens is 4. The largest absolute Gasteiger partial charge is 0.416 e. The SMILES string of the molecule is Cc1csc(CC(N)c2ccc(Br)cc2C(F)(F)F)n1. The van der Waals surface area contributed by atoms with Gasteiger partial charge in [-0.05, 0) is 24.6 Å². The number of nitrogens with zero attached hydrogens (tertiary/aromatic N) is 1. The zero-order chi connectivity index (χ0) is 14.9. The Balaban J connectivity index is 2.32. The van der Waals surface area contributed by atoms with Gasteiger partial charge in [-0.15, -0.1) is 11.3 Å². The third-order valence-electron chi connectivity index (χ3n) is 2.78. The third kappa shape index (κ3) is 3.59. The molecule has 0 aliphatic heterocycles. The van der Waals surface area contributed by atoms with Gasteiger partial charge in [0.1, 0.15) is 0 Å². The van der Waals surface area contributed by atoms with Gasteiger partial charge in [-0.25, -0.2) is 4.98 Å². The maximum absolute atomic E-state index is 13.0. The minimum Gasteiger partial charge on any atom is -0.324 e. The molecule has 1 aromatic heterocycles. The Bertz CT molecular complexity index is 610. The van der Waals surface area contributed by atoms with Crippen molar-refractivity contribution >= 4 is 27.3 Å². The molecule has 1 heterocycles. The number of thiazole rings is 1. The van der Waals surface area contributed by atoms with Crippen molar-refractivity contribution in [1.82, 2.24) is 4.98 Å². The van der Waals surface area contributed by atoms with E-state index in [-0.39, 0.29) is 5.56 Å². The van der Waals surface area contributed by atoms with E-state index in [9.17, 15) is 13.2 Å². The van der Waals surface area contributed by atoms with E-state index >= 15 is 0 Å². The van der Waals surface area contributed by atoms with Crippen LogP contribution in [0.3, 0.4) is 0 Å². The van der Waals surface area contributed by atoms with Gasteiger partial charge in [-0.3, -0.25) is 0 Å². The number of alkyl halides is 3. The standard InChI is InChI=1S/C13H12BrF3N2S/c1-7-6-20-12(19-7)5-11(18)9-3-2-8(14)4-10(9)13(15,16)17/h2-4,6,11H,5,18H2,1H3. The minimum absolute atomic E-state index is 0.0913. The van der Waals surface area contributed by atoms with Crippen LogP contribution in [0.2, 0.25) is 0 Å². The summed E-state index contributed by atoms with van der Waals surface area (Å²) in [5.41, 5.74) is 6.18. The molecule has 0 amide bonds. The zero-order valence-corrected chi connectivity index (χ0v) is 12.9. The van der Waals surface area contributed by atoms with Crippen molar-refractivity contribution in [2.75, 3.05) is 0 Å². The second-order valence-corrected chi connectivity index (χ2v) is 6.28. The topological polar surface area (TPSA) is 38.9 Å². The molecule has 2 aromatic rings. The van der Waals surface area contributed by atoms with E-state index in [4.69, 9.17) is 5.73 Å². The monoisotopic (exact) mass is 364 g/mol. The van der Waals surface area contributed by atoms with Crippen LogP contribution in [0.25, 0.3) is 0 Å². The highest BCUT2D eigenvalue weighted by atomic mass is 79.9. The van der Waals surface area contributed by atoms with Crippen molar-refractivity contribution in [2.45, 2.75) is 25.6 Å². The van der Waals surface area contributed by atoms with Crippen LogP contribution in [0.15, 0.2) is 28.1 Å². The first-order valence-corrected chi connectivity index (χ1v) is 7.48. The molecule has 0 saturated heterocycles. The van der Waals surface area contributed by atoms with E-state index < -0.39 is 17.8 Å². The molecular weight excluding hydrogens is 353 g/mol. The molecule has 0 bridgehead atoms. The van der Waals surface area contributed by atoms with Gasteiger partial charge in [-0.2, -0.15) is 13.2 Å². The summed E-state index contributed by atoms with van der Waals surface area (Å²) in [7, 11) is 0. The molecule has 0 aliphatic rings. The number of hydrogen-bond donors (Lipinski definition) is 1. The van der Waals surface area contributed by atoms with Crippen LogP contribution >= 0.6 is 27.3 Å². The first-order valence-electron chi connectivity index (χ1n) is 5.80. The Morgan fingerprint density at radius 3 is 2.65 bits per heavy atom. The molecule has 0 saturated carbocycles. The molecule has 7 heteroatoms. The summed E-state index contributed by atoms with van der Waals surface area (Å²) in [5.74, 6) is 0. The summed E-state index contributed by atoms with van der Waals surface area (Å²) in [4.78, 5) is 4.23. The zero-order valence-electron chi connectivity index (χ0n) is 10.5. The predicted octanol–water partition coefficient (Wildman–Crippen LogP) is 4.48. The predicted molar refractivity (Wildman–Crippen MR) is 76.6 cm³/mol. The Kier molecular flexibility index (Phi) is 4.51. The normalized spacial score (nSPS) is 13.5. The van der Waals surface area contributed by atoms with E-state index in [0.29, 0.717) is 10.9 Å². The molecule has 2 N–H and O–H groups in total. The van der Waals surface area contributed by atoms with Crippen molar-refractivity contribution in [3.05, 3.63) is 49.9 Å². The Hall–Kier alpha value is -0.920. The average Bonchev–Trinajstić information content (AvgIpc) is 2.73. The van der Waals surface area contributed by atoms with Crippen molar-refractivity contribution in [3.63, 3.8) is 0 Å². The highest BCUT2D eigenvalue weighted by molar-refractivity contribution is 9.10. The van der Waals surface area contributed by atoms with Crippen LogP contribution in [-0.4, -0.2) is 4.98 Å². The molecule has 2 rings (SSSR count). The summed E-state index contributed by atoms with van der Waals surface area (Å²) in [6, 6.07) is 3.31. The first-order chi connectivity index (χ1) is 9.27. The molecular formula is C13H12BrF3N2S. The second kappa shape index (κ2) is 5.83. The van der Waals surface area contributed by atoms with Crippen molar-refractivity contribution in [1.29, 1.82) is 0 Å². The molecule has 0 fully saturated rings. The number of aryl methyl sites for hydroxylation is 1. The van der Waals surface area contributed by atoms with Crippen molar-refractivity contribution in [3.8, 4) is 0 Å². The fraction of sp³-hybridized carbons (Fsp3) is 0.308. The lowest BCUT2D eigenvalue weighted by Gasteiger charge is -2.18. The smallest absolute Gasteiger partial charge is 0.324 e. The Morgan fingerprint density at radius 1 is 1.40 bits per heavy atom. The van der Waals surface area contributed by atoms with E-state index in [2.05, 4.69) is 20.9 Å². The van der Waals surface area contributed by atoms with Crippen LogP contribution in [0.1, 0.15) is 27.9 Å². The number of rotatable bonds is 3. The lowest BCUT2D eigenvalue weighted by molar-refractivity contribution is -0.138. The molecule has 0 aliphatic carbocycles. The van der Waals surface area contributed by atoms with Gasteiger partial charge in [0.15, 0.2) is 0 Å². The van der Waals surface area contributed by atoms with E-state index in [1.807, 2.05) is 12.3 Å². The lowest BCUT2D eigenvalue weighted by atomic mass is 9.98. The van der Waals surface area contributed by atoms with Gasteiger partial charge in [0, 0.05) is 28.0 Å². The highest BCUT2D eigenvalue weighted by Gasteiger charge is 2.35. The summed E-state index contributed by atoms with van der Waals surface area (Å²) in [6.45, 7) is 1.84. The first kappa shape index (κ1) is 15.5. The van der Waals surface area contributed by atoms with Crippen LogP contribution in [0.5, 0.6) is 0 Å². The molecule has 1 aromatic carbocycles. The minimum atomic E-state index is -4.42. The van der Waals surface area contributed by atoms with Gasteiger partial charge in [0.2, 0.25) is 0 Å². The molecule has 108 valence electrons. The van der Waals surface area contributed by atoms with Crippen LogP contribution < -0.4 is 5.73 Å². The summed E-state index contributed by atoms with van der Waals surface area (Å²) in [5, 5.41) is 2.60. The summed E-state index contributed by atoms with van der Waals surface area (Å²) < 4.78 is 39.5. The molecule has 0 spiro atoms. The van der Waals surface area contributed by atoms with Crippen LogP contribution in [0, 0.1) is 6.92 Å². The van der Waals surface area contributed by atoms with E-state index in [0.717, 1.165) is 16.8 Å². The molecule has 1 atom stereocenters. The molecule has 0 radical (unpaired) electrons. The van der Waals surface area contributed by atoms with Crippen molar-refractivity contribution in [2.24, 2.45) is 5.73 Å². The maximum atomic E-state index is 13.0. The third-order valence-corrected chi connectivity index (χ3v) is 4.26. The fourth-order valence-electron chi connectivity index (χ4n) is 1.89. The summed E-state index contributed by atoms with van der Waals surface area (Å²) >= 11 is 4.46. The van der Waals surface area contributed by atoms with Crippen molar-refractivity contribution < 1.29 is 13.2 Å². The Morgan fingerprint density at radius 2 is 2.10 bits per heavy atom. The van der Waals surface area contributed by atoms with Gasteiger partial charge in [0.05, 0.1) is 10.6 Å². The van der Waals surface area contributed by atoms with E-state index in [1.54, 1.807) is 6.07 Å². The maximum Gasteiger partial charge on any atom is 0.416 e. The van der Waals surface area contributed by atoms with Crippen LogP contribution in [-0.2, 0) is 12.6 Å². The van der Waals surface area contributed by atoms with Gasteiger partial charge in [0.25, 0.3) is 0 Å². The second-order valence-electron chi connectivity index (χ2n) is 4.42. The molecule has 2 nitrogen and oxygen atoms in total. The number of aromatic nitrogens is 1. The van der Waals surface area contributed by atoms with Gasteiger partial charge >= 0.3 is 6.18 Å². The van der Waals surface area contributed by atoms with Gasteiger partial charge in [-0.1, -0.05) is 22.0 Å². The Labute approximate surface area is 127 Å². The number of hydrogen-bond acceptors (Lipinski definition) is 3. The van der Waals surface area contributed by atoms with Crippen LogP contribution in [0.4, 0.5) is 13.2 Å². The number of nitrogens with two attached hydrogens (primary N) is 1. The highest BCUT2D eigenvalue weighted by Crippen LogP contribution is 2.36.